The van der Waals surface area contributed by atoms with E-state index >= 15 is 0 Å². The minimum Gasteiger partial charge on any atom is -0.468 e. The predicted octanol–water partition coefficient (Wildman–Crippen LogP) is 4.34. The molecule has 10 heteroatoms. The number of benzene rings is 2. The minimum absolute atomic E-state index is 0.0102. The van der Waals surface area contributed by atoms with Crippen molar-refractivity contribution in [2.45, 2.75) is 11.4 Å². The van der Waals surface area contributed by atoms with Crippen LogP contribution in [0, 0.1) is 5.82 Å². The smallest absolute Gasteiger partial charge is 0.255 e. The lowest BCUT2D eigenvalue weighted by molar-refractivity contribution is 0.102. The first-order chi connectivity index (χ1) is 15.9. The molecule has 0 atom stereocenters. The van der Waals surface area contributed by atoms with E-state index in [1.807, 2.05) is 0 Å². The van der Waals surface area contributed by atoms with Gasteiger partial charge in [0, 0.05) is 11.6 Å². The fourth-order valence-electron chi connectivity index (χ4n) is 2.81. The van der Waals surface area contributed by atoms with Crippen LogP contribution >= 0.6 is 0 Å². The molecule has 0 aliphatic heterocycles. The van der Waals surface area contributed by atoms with Crippen molar-refractivity contribution in [2.75, 3.05) is 5.32 Å². The maximum atomic E-state index is 13.0. The number of ether oxygens (including phenoxy) is 1. The molecule has 0 unspecified atom stereocenters. The quantitative estimate of drug-likeness (QED) is 0.399. The standard InChI is InChI=1S/C23H18FN3O5S/c24-17-6-9-19(10-7-17)32-22-11-8-18(14-25-22)27-23(28)16-3-1-5-21(13-16)33(29,30)26-15-20-4-2-12-31-20/h1-14,26H,15H2,(H,27,28). The summed E-state index contributed by atoms with van der Waals surface area (Å²) in [5, 5.41) is 2.65. The number of pyridine rings is 1. The number of hydrogen-bond acceptors (Lipinski definition) is 6. The van der Waals surface area contributed by atoms with E-state index in [4.69, 9.17) is 9.15 Å². The normalized spacial score (nSPS) is 11.2. The third kappa shape index (κ3) is 5.82. The Hall–Kier alpha value is -4.02. The van der Waals surface area contributed by atoms with Crippen molar-refractivity contribution >= 4 is 21.6 Å². The molecule has 33 heavy (non-hydrogen) atoms. The van der Waals surface area contributed by atoms with Gasteiger partial charge in [0.05, 0.1) is 29.6 Å². The molecule has 2 N–H and O–H groups in total. The molecule has 0 aliphatic carbocycles. The highest BCUT2D eigenvalue weighted by Crippen LogP contribution is 2.21. The van der Waals surface area contributed by atoms with E-state index in [0.717, 1.165) is 0 Å². The number of nitrogens with one attached hydrogen (secondary N) is 2. The van der Waals surface area contributed by atoms with Gasteiger partial charge in [-0.25, -0.2) is 22.5 Å². The van der Waals surface area contributed by atoms with Gasteiger partial charge in [0.2, 0.25) is 15.9 Å². The molecule has 0 spiro atoms. The Kier molecular flexibility index (Phi) is 6.48. The van der Waals surface area contributed by atoms with Crippen molar-refractivity contribution < 1.29 is 26.8 Å². The zero-order valence-electron chi connectivity index (χ0n) is 17.1. The second-order valence-electron chi connectivity index (χ2n) is 6.83. The van der Waals surface area contributed by atoms with Crippen molar-refractivity contribution in [3.8, 4) is 11.6 Å². The lowest BCUT2D eigenvalue weighted by Crippen LogP contribution is -2.23. The summed E-state index contributed by atoms with van der Waals surface area (Å²) in [4.78, 5) is 16.7. The maximum absolute atomic E-state index is 13.0. The van der Waals surface area contributed by atoms with Crippen LogP contribution in [0.2, 0.25) is 0 Å². The van der Waals surface area contributed by atoms with Gasteiger partial charge in [-0.2, -0.15) is 0 Å². The van der Waals surface area contributed by atoms with Gasteiger partial charge in [-0.15, -0.1) is 0 Å². The summed E-state index contributed by atoms with van der Waals surface area (Å²) in [7, 11) is -3.85. The monoisotopic (exact) mass is 467 g/mol. The lowest BCUT2D eigenvalue weighted by atomic mass is 10.2. The lowest BCUT2D eigenvalue weighted by Gasteiger charge is -2.09. The van der Waals surface area contributed by atoms with Crippen molar-refractivity contribution in [2.24, 2.45) is 0 Å². The van der Waals surface area contributed by atoms with Gasteiger partial charge in [0.25, 0.3) is 5.91 Å². The third-order valence-corrected chi connectivity index (χ3v) is 5.85. The zero-order chi connectivity index (χ0) is 23.3. The first-order valence-corrected chi connectivity index (χ1v) is 11.2. The molecule has 168 valence electrons. The number of anilines is 1. The van der Waals surface area contributed by atoms with Gasteiger partial charge in [0.15, 0.2) is 0 Å². The van der Waals surface area contributed by atoms with Crippen LogP contribution in [0.3, 0.4) is 0 Å². The Morgan fingerprint density at radius 1 is 1.03 bits per heavy atom. The second kappa shape index (κ2) is 9.63. The number of hydrogen-bond donors (Lipinski definition) is 2. The van der Waals surface area contributed by atoms with Crippen LogP contribution in [0.5, 0.6) is 11.6 Å². The number of furan rings is 1. The molecule has 0 fully saturated rings. The summed E-state index contributed by atoms with van der Waals surface area (Å²) in [6.07, 6.45) is 2.84. The average Bonchev–Trinajstić information content (AvgIpc) is 3.35. The fraction of sp³-hybridized carbons (Fsp3) is 0.0435. The molecule has 4 rings (SSSR count). The zero-order valence-corrected chi connectivity index (χ0v) is 17.9. The van der Waals surface area contributed by atoms with E-state index in [1.165, 1.54) is 61.0 Å². The first kappa shape index (κ1) is 22.2. The molecule has 1 amide bonds. The SMILES string of the molecule is O=C(Nc1ccc(Oc2ccc(F)cc2)nc1)c1cccc(S(=O)(=O)NCc2ccco2)c1. The van der Waals surface area contributed by atoms with E-state index < -0.39 is 15.9 Å². The molecule has 0 saturated carbocycles. The molecule has 2 heterocycles. The Bertz CT molecular complexity index is 1340. The fourth-order valence-corrected chi connectivity index (χ4v) is 3.85. The van der Waals surface area contributed by atoms with Crippen molar-refractivity contribution in [3.05, 3.63) is 102 Å². The first-order valence-electron chi connectivity index (χ1n) is 9.72. The van der Waals surface area contributed by atoms with Gasteiger partial charge >= 0.3 is 0 Å². The van der Waals surface area contributed by atoms with Gasteiger partial charge < -0.3 is 14.5 Å². The predicted molar refractivity (Wildman–Crippen MR) is 118 cm³/mol. The number of carbonyl (C=O) groups excluding carboxylic acids is 1. The van der Waals surface area contributed by atoms with E-state index in [-0.39, 0.29) is 28.7 Å². The maximum Gasteiger partial charge on any atom is 0.255 e. The van der Waals surface area contributed by atoms with Gasteiger partial charge in [0.1, 0.15) is 17.3 Å². The van der Waals surface area contributed by atoms with Crippen LogP contribution in [-0.4, -0.2) is 19.3 Å². The Morgan fingerprint density at radius 2 is 1.85 bits per heavy atom. The van der Waals surface area contributed by atoms with Crippen molar-refractivity contribution in [3.63, 3.8) is 0 Å². The summed E-state index contributed by atoms with van der Waals surface area (Å²) in [6, 6.07) is 17.6. The molecule has 2 aromatic heterocycles. The number of halogens is 1. The van der Waals surface area contributed by atoms with E-state index in [1.54, 1.807) is 24.3 Å². The number of rotatable bonds is 8. The summed E-state index contributed by atoms with van der Waals surface area (Å²) in [5.41, 5.74) is 0.540. The number of amides is 1. The molecule has 0 radical (unpaired) electrons. The Balaban J connectivity index is 1.40. The highest BCUT2D eigenvalue weighted by molar-refractivity contribution is 7.89. The van der Waals surface area contributed by atoms with Crippen LogP contribution in [0.4, 0.5) is 10.1 Å². The number of carbonyl (C=O) groups is 1. The summed E-state index contributed by atoms with van der Waals surface area (Å²) >= 11 is 0. The summed E-state index contributed by atoms with van der Waals surface area (Å²) < 4.78 is 51.1. The van der Waals surface area contributed by atoms with Crippen LogP contribution in [0.1, 0.15) is 16.1 Å². The number of aromatic nitrogens is 1. The molecule has 4 aromatic rings. The Labute approximate surface area is 189 Å². The van der Waals surface area contributed by atoms with Crippen molar-refractivity contribution in [1.82, 2.24) is 9.71 Å². The third-order valence-electron chi connectivity index (χ3n) is 4.45. The van der Waals surface area contributed by atoms with Crippen LogP contribution in [0.15, 0.2) is 94.6 Å². The largest absolute Gasteiger partial charge is 0.468 e. The van der Waals surface area contributed by atoms with Crippen LogP contribution < -0.4 is 14.8 Å². The molecule has 8 nitrogen and oxygen atoms in total. The van der Waals surface area contributed by atoms with Crippen LogP contribution in [-0.2, 0) is 16.6 Å². The summed E-state index contributed by atoms with van der Waals surface area (Å²) in [5.74, 6) is 0.257. The summed E-state index contributed by atoms with van der Waals surface area (Å²) in [6.45, 7) is -0.0102. The highest BCUT2D eigenvalue weighted by atomic mass is 32.2. The van der Waals surface area contributed by atoms with E-state index in [0.29, 0.717) is 17.2 Å². The topological polar surface area (TPSA) is 111 Å². The van der Waals surface area contributed by atoms with Crippen molar-refractivity contribution in [1.29, 1.82) is 0 Å². The molecule has 0 aliphatic rings. The average molecular weight is 467 g/mol. The second-order valence-corrected chi connectivity index (χ2v) is 8.59. The molecular formula is C23H18FN3O5S. The molecule has 0 bridgehead atoms. The van der Waals surface area contributed by atoms with E-state index in [2.05, 4.69) is 15.0 Å². The number of sulfonamides is 1. The molecular weight excluding hydrogens is 449 g/mol. The van der Waals surface area contributed by atoms with Crippen LogP contribution in [0.25, 0.3) is 0 Å². The highest BCUT2D eigenvalue weighted by Gasteiger charge is 2.17. The Morgan fingerprint density at radius 3 is 2.55 bits per heavy atom. The van der Waals surface area contributed by atoms with Gasteiger partial charge in [-0.1, -0.05) is 6.07 Å². The molecule has 2 aromatic carbocycles. The number of nitrogens with zero attached hydrogens (tertiary/aromatic N) is 1. The van der Waals surface area contributed by atoms with Gasteiger partial charge in [-0.3, -0.25) is 4.79 Å². The van der Waals surface area contributed by atoms with Gasteiger partial charge in [-0.05, 0) is 60.7 Å². The minimum atomic E-state index is -3.85. The molecule has 0 saturated heterocycles. The van der Waals surface area contributed by atoms with E-state index in [9.17, 15) is 17.6 Å².